The minimum Gasteiger partial charge on any atom is -0.488 e. The van der Waals surface area contributed by atoms with Crippen LogP contribution in [0.25, 0.3) is 22.2 Å². The Morgan fingerprint density at radius 2 is 1.81 bits per heavy atom. The van der Waals surface area contributed by atoms with Crippen LogP contribution < -0.4 is 9.46 Å². The smallest absolute Gasteiger partial charge is 0.306 e. The lowest BCUT2D eigenvalue weighted by molar-refractivity contribution is -0.155. The van der Waals surface area contributed by atoms with E-state index in [1.807, 2.05) is 57.2 Å². The van der Waals surface area contributed by atoms with Gasteiger partial charge in [-0.05, 0) is 85.5 Å². The number of nitrogens with zero attached hydrogens (tertiary/aromatic N) is 2. The first kappa shape index (κ1) is 41.6. The number of fused-ring (bicyclic) bond motifs is 3. The van der Waals surface area contributed by atoms with Crippen molar-refractivity contribution < 1.29 is 37.1 Å². The van der Waals surface area contributed by atoms with Crippen molar-refractivity contribution in [1.29, 1.82) is 0 Å². The predicted molar refractivity (Wildman–Crippen MR) is 222 cm³/mol. The van der Waals surface area contributed by atoms with Gasteiger partial charge in [0.1, 0.15) is 11.9 Å². The molecule has 1 N–H and O–H groups in total. The number of ketones is 1. The van der Waals surface area contributed by atoms with Crippen LogP contribution in [0.2, 0.25) is 0 Å². The molecule has 4 aliphatic rings. The molecule has 2 saturated carbocycles. The van der Waals surface area contributed by atoms with Crippen molar-refractivity contribution >= 4 is 44.5 Å². The summed E-state index contributed by atoms with van der Waals surface area (Å²) in [6.07, 6.45) is 4.39. The van der Waals surface area contributed by atoms with Crippen molar-refractivity contribution in [2.45, 2.75) is 117 Å². The van der Waals surface area contributed by atoms with Gasteiger partial charge in [0, 0.05) is 29.9 Å². The molecule has 1 saturated heterocycles. The fourth-order valence-corrected chi connectivity index (χ4v) is 10.1. The number of nitrogens with one attached hydrogen (secondary N) is 1. The van der Waals surface area contributed by atoms with Crippen LogP contribution in [-0.2, 0) is 40.4 Å². The van der Waals surface area contributed by atoms with E-state index in [2.05, 4.69) is 44.2 Å². The second-order valence-corrected chi connectivity index (χ2v) is 20.9. The average Bonchev–Trinajstić information content (AvgIpc) is 4.09. The topological polar surface area (TPSA) is 149 Å². The molecule has 58 heavy (non-hydrogen) atoms. The highest BCUT2D eigenvalue weighted by atomic mass is 32.2. The number of carbonyl (C=O) groups excluding carboxylic acids is 4. The number of cyclic esters (lactones) is 1. The number of allylic oxidation sites excluding steroid dienone is 1. The van der Waals surface area contributed by atoms with E-state index in [-0.39, 0.29) is 55.9 Å². The van der Waals surface area contributed by atoms with Crippen molar-refractivity contribution in [2.75, 3.05) is 13.2 Å². The number of Topliss-reactive ketones (excluding diaryl/α,β-unsaturated/α-hetero) is 1. The van der Waals surface area contributed by atoms with E-state index in [4.69, 9.17) is 14.5 Å². The summed E-state index contributed by atoms with van der Waals surface area (Å²) >= 11 is 0. The van der Waals surface area contributed by atoms with E-state index in [0.717, 1.165) is 52.5 Å². The quantitative estimate of drug-likeness (QED) is 0.183. The number of hydrogen-bond donors (Lipinski definition) is 1. The second-order valence-electron chi connectivity index (χ2n) is 19.0. The fraction of sp³-hybridized carbons (Fsp3) is 0.543. The summed E-state index contributed by atoms with van der Waals surface area (Å²) < 4.78 is 40.7. The highest BCUT2D eigenvalue weighted by Crippen LogP contribution is 2.57. The molecule has 12 heteroatoms. The first-order valence-electron chi connectivity index (χ1n) is 20.6. The normalized spacial score (nSPS) is 26.6. The Labute approximate surface area is 342 Å². The molecule has 4 bridgehead atoms. The molecule has 0 unspecified atom stereocenters. The van der Waals surface area contributed by atoms with Crippen molar-refractivity contribution in [3.8, 4) is 17.0 Å². The van der Waals surface area contributed by atoms with Crippen LogP contribution in [0.1, 0.15) is 97.1 Å². The van der Waals surface area contributed by atoms with Crippen molar-refractivity contribution in [3.63, 3.8) is 0 Å². The lowest BCUT2D eigenvalue weighted by Gasteiger charge is -2.35. The molecule has 2 amide bonds. The monoisotopic (exact) mass is 811 g/mol. The van der Waals surface area contributed by atoms with Gasteiger partial charge >= 0.3 is 5.97 Å². The Hall–Kier alpha value is -4.58. The van der Waals surface area contributed by atoms with Crippen LogP contribution in [-0.4, -0.2) is 72.4 Å². The van der Waals surface area contributed by atoms with Gasteiger partial charge in [-0.25, -0.2) is 13.4 Å². The zero-order valence-corrected chi connectivity index (χ0v) is 35.5. The Morgan fingerprint density at radius 3 is 2.47 bits per heavy atom. The van der Waals surface area contributed by atoms with Gasteiger partial charge in [-0.15, -0.1) is 6.58 Å². The highest BCUT2D eigenvalue weighted by molar-refractivity contribution is 7.90. The largest absolute Gasteiger partial charge is 0.488 e. The lowest BCUT2D eigenvalue weighted by Crippen LogP contribution is -2.48. The van der Waals surface area contributed by atoms with E-state index in [1.54, 1.807) is 6.08 Å². The maximum Gasteiger partial charge on any atom is 0.306 e. The number of pyridine rings is 1. The summed E-state index contributed by atoms with van der Waals surface area (Å²) in [6.45, 7) is 16.0. The fourth-order valence-electron chi connectivity index (χ4n) is 8.73. The minimum absolute atomic E-state index is 0.0627. The molecule has 3 aromatic rings. The predicted octanol–water partition coefficient (Wildman–Crippen LogP) is 7.28. The number of sulfonamides is 1. The van der Waals surface area contributed by atoms with Crippen LogP contribution in [0.3, 0.4) is 0 Å². The third-order valence-electron chi connectivity index (χ3n) is 12.7. The summed E-state index contributed by atoms with van der Waals surface area (Å²) in [5.41, 5.74) is 2.39. The summed E-state index contributed by atoms with van der Waals surface area (Å²) in [7, 11) is -3.86. The molecule has 0 radical (unpaired) electrons. The Morgan fingerprint density at radius 1 is 1.09 bits per heavy atom. The number of carbonyl (C=O) groups is 4. The molecule has 2 aliphatic heterocycles. The van der Waals surface area contributed by atoms with Crippen molar-refractivity contribution in [1.82, 2.24) is 14.6 Å². The van der Waals surface area contributed by atoms with Crippen LogP contribution in [0.15, 0.2) is 61.2 Å². The maximum atomic E-state index is 14.9. The van der Waals surface area contributed by atoms with Gasteiger partial charge in [0.2, 0.25) is 21.8 Å². The van der Waals surface area contributed by atoms with E-state index in [9.17, 15) is 27.6 Å². The molecular weight excluding hydrogens is 755 g/mol. The first-order valence-corrected chi connectivity index (χ1v) is 22.2. The van der Waals surface area contributed by atoms with Crippen LogP contribution in [0.4, 0.5) is 0 Å². The number of rotatable bonds is 8. The van der Waals surface area contributed by atoms with Gasteiger partial charge in [0.05, 0.1) is 53.4 Å². The third-order valence-corrected chi connectivity index (χ3v) is 14.5. The highest BCUT2D eigenvalue weighted by Gasteiger charge is 2.61. The van der Waals surface area contributed by atoms with Crippen molar-refractivity contribution in [3.05, 3.63) is 72.3 Å². The summed E-state index contributed by atoms with van der Waals surface area (Å²) in [5, 5.41) is 0.220. The zero-order valence-electron chi connectivity index (χ0n) is 34.6. The first-order chi connectivity index (χ1) is 27.3. The Bertz CT molecular complexity index is 2240. The van der Waals surface area contributed by atoms with E-state index >= 15 is 0 Å². The van der Waals surface area contributed by atoms with E-state index in [0.29, 0.717) is 18.6 Å². The number of aromatic nitrogens is 1. The summed E-state index contributed by atoms with van der Waals surface area (Å²) in [5.74, 6) is -2.56. The molecule has 11 nitrogen and oxygen atoms in total. The summed E-state index contributed by atoms with van der Waals surface area (Å²) in [6, 6.07) is 15.0. The molecule has 7 rings (SSSR count). The molecule has 0 spiro atoms. The number of aryl methyl sites for hydroxylation is 2. The van der Waals surface area contributed by atoms with Gasteiger partial charge in [-0.3, -0.25) is 23.9 Å². The number of esters is 1. The molecular formula is C46H57N3O8S. The van der Waals surface area contributed by atoms with E-state index in [1.165, 1.54) is 4.90 Å². The number of amides is 2. The second kappa shape index (κ2) is 15.5. The number of ether oxygens (including phenoxy) is 2. The summed E-state index contributed by atoms with van der Waals surface area (Å²) in [4.78, 5) is 63.3. The number of hydrogen-bond acceptors (Lipinski definition) is 9. The van der Waals surface area contributed by atoms with Gasteiger partial charge in [-0.2, -0.15) is 0 Å². The molecule has 2 aliphatic carbocycles. The van der Waals surface area contributed by atoms with Crippen LogP contribution in [0.5, 0.6) is 5.75 Å². The van der Waals surface area contributed by atoms with Crippen LogP contribution >= 0.6 is 0 Å². The standard InChI is InChI=1S/C46H57N3O8S/c1-8-31-24-46(31,43(53)48-58(54,55)33-16-17-33)25-39(50)38-21-32-26-49(38)42(52)35(44(3,4)5)22-41(51)56-27-45(6,7)18-12-15-30-20-34-37(19-28(30)2)47-36(23-40(34)57-32)29-13-10-9-11-14-29/h8-11,13-14,19-20,23,31-33,35,38H,1,12,15-18,21-22,24-27H2,2-7H3,(H,48,53)/t31-,32-,35-,38+,46-/m1/s1. The van der Waals surface area contributed by atoms with Crippen molar-refractivity contribution in [2.24, 2.45) is 28.1 Å². The third kappa shape index (κ3) is 8.72. The van der Waals surface area contributed by atoms with Gasteiger partial charge in [0.25, 0.3) is 0 Å². The molecule has 3 fully saturated rings. The Balaban J connectivity index is 1.28. The zero-order chi connectivity index (χ0) is 41.8. The van der Waals surface area contributed by atoms with Gasteiger partial charge in [-0.1, -0.05) is 71.0 Å². The SMILES string of the molecule is C=C[C@@H]1C[C@]1(CC(=O)[C@@H]1C[C@@H]2CN1C(=O)[C@H](C(C)(C)C)CC(=O)OCC(C)(C)CCCc1cc3c(cc(-c4ccccc4)nc3cc1C)O2)C(=O)NS(=O)(=O)C1CC1. The molecule has 1 aromatic heterocycles. The Kier molecular flexibility index (Phi) is 11.1. The average molecular weight is 812 g/mol. The number of benzene rings is 2. The van der Waals surface area contributed by atoms with Gasteiger partial charge in [0.15, 0.2) is 5.78 Å². The molecule has 3 heterocycles. The molecule has 2 aromatic carbocycles. The minimum atomic E-state index is -3.86. The molecule has 5 atom stereocenters. The van der Waals surface area contributed by atoms with E-state index < -0.39 is 62.0 Å². The molecule has 310 valence electrons. The lowest BCUT2D eigenvalue weighted by atomic mass is 9.77. The maximum absolute atomic E-state index is 14.9. The van der Waals surface area contributed by atoms with Crippen LogP contribution in [0, 0.1) is 35.0 Å². The van der Waals surface area contributed by atoms with Gasteiger partial charge < -0.3 is 14.4 Å².